The van der Waals surface area contributed by atoms with Crippen LogP contribution in [0.25, 0.3) is 0 Å². The van der Waals surface area contributed by atoms with Crippen LogP contribution in [0.1, 0.15) is 18.4 Å². The summed E-state index contributed by atoms with van der Waals surface area (Å²) in [7, 11) is -3.86. The number of ether oxygens (including phenoxy) is 1. The number of nitrogens with zero attached hydrogens (tertiary/aromatic N) is 1. The minimum Gasteiger partial charge on any atom is -0.376 e. The zero-order chi connectivity index (χ0) is 23.0. The van der Waals surface area contributed by atoms with Gasteiger partial charge in [0, 0.05) is 24.7 Å². The first-order valence-corrected chi connectivity index (χ1v) is 12.2. The molecule has 1 fully saturated rings. The molecule has 32 heavy (non-hydrogen) atoms. The van der Waals surface area contributed by atoms with Gasteiger partial charge in [0.05, 0.1) is 24.1 Å². The highest BCUT2D eigenvalue weighted by molar-refractivity contribution is 7.89. The van der Waals surface area contributed by atoms with Crippen molar-refractivity contribution in [1.29, 1.82) is 0 Å². The van der Waals surface area contributed by atoms with Crippen LogP contribution >= 0.6 is 11.6 Å². The molecule has 0 bridgehead atoms. The van der Waals surface area contributed by atoms with E-state index in [4.69, 9.17) is 16.3 Å². The third-order valence-corrected chi connectivity index (χ3v) is 6.81. The van der Waals surface area contributed by atoms with E-state index >= 15 is 0 Å². The van der Waals surface area contributed by atoms with Gasteiger partial charge in [0.2, 0.25) is 21.8 Å². The zero-order valence-corrected chi connectivity index (χ0v) is 19.1. The summed E-state index contributed by atoms with van der Waals surface area (Å²) in [6.45, 7) is 0.399. The fourth-order valence-electron chi connectivity index (χ4n) is 3.28. The first-order valence-electron chi connectivity index (χ1n) is 10.3. The number of hydrogen-bond donors (Lipinski definition) is 2. The Balaban J connectivity index is 1.65. The maximum absolute atomic E-state index is 12.9. The Hall–Kier alpha value is -2.46. The normalized spacial score (nSPS) is 16.0. The molecule has 0 unspecified atom stereocenters. The van der Waals surface area contributed by atoms with Crippen molar-refractivity contribution in [2.24, 2.45) is 0 Å². The lowest BCUT2D eigenvalue weighted by molar-refractivity contribution is -0.135. The van der Waals surface area contributed by atoms with Gasteiger partial charge < -0.3 is 15.0 Å². The van der Waals surface area contributed by atoms with Crippen LogP contribution in [0.5, 0.6) is 0 Å². The quantitative estimate of drug-likeness (QED) is 0.542. The number of carbonyl (C=O) groups excluding carboxylic acids is 2. The molecule has 10 heteroatoms. The molecule has 1 heterocycles. The Morgan fingerprint density at radius 3 is 2.50 bits per heavy atom. The van der Waals surface area contributed by atoms with Crippen molar-refractivity contribution < 1.29 is 22.7 Å². The molecule has 1 atom stereocenters. The summed E-state index contributed by atoms with van der Waals surface area (Å²) in [5.41, 5.74) is 0.653. The predicted octanol–water partition coefficient (Wildman–Crippen LogP) is 1.94. The maximum atomic E-state index is 12.9. The van der Waals surface area contributed by atoms with E-state index in [1.165, 1.54) is 17.0 Å². The molecule has 1 saturated heterocycles. The molecule has 0 spiro atoms. The van der Waals surface area contributed by atoms with Crippen LogP contribution in [-0.4, -0.2) is 57.5 Å². The fraction of sp³-hybridized carbons (Fsp3) is 0.364. The smallest absolute Gasteiger partial charge is 0.241 e. The lowest BCUT2D eigenvalue weighted by Gasteiger charge is -2.23. The van der Waals surface area contributed by atoms with Crippen LogP contribution in [0.3, 0.4) is 0 Å². The van der Waals surface area contributed by atoms with E-state index in [-0.39, 0.29) is 30.0 Å². The largest absolute Gasteiger partial charge is 0.376 e. The number of carbonyl (C=O) groups is 2. The van der Waals surface area contributed by atoms with Gasteiger partial charge in [-0.1, -0.05) is 48.0 Å². The van der Waals surface area contributed by atoms with E-state index in [0.717, 1.165) is 12.8 Å². The van der Waals surface area contributed by atoms with E-state index in [1.807, 2.05) is 0 Å². The van der Waals surface area contributed by atoms with Crippen LogP contribution in [0.15, 0.2) is 59.5 Å². The number of benzene rings is 2. The number of amides is 2. The molecule has 8 nitrogen and oxygen atoms in total. The molecule has 0 radical (unpaired) electrons. The highest BCUT2D eigenvalue weighted by Gasteiger charge is 2.23. The highest BCUT2D eigenvalue weighted by Crippen LogP contribution is 2.17. The average molecular weight is 480 g/mol. The topological polar surface area (TPSA) is 105 Å². The summed E-state index contributed by atoms with van der Waals surface area (Å²) < 4.78 is 32.7. The van der Waals surface area contributed by atoms with Gasteiger partial charge in [0.25, 0.3) is 0 Å². The number of hydrogen-bond acceptors (Lipinski definition) is 5. The molecular weight excluding hydrogens is 454 g/mol. The molecule has 0 aliphatic carbocycles. The van der Waals surface area contributed by atoms with Crippen LogP contribution in [0.4, 0.5) is 0 Å². The van der Waals surface area contributed by atoms with E-state index < -0.39 is 22.5 Å². The van der Waals surface area contributed by atoms with Crippen molar-refractivity contribution in [3.05, 3.63) is 65.2 Å². The zero-order valence-electron chi connectivity index (χ0n) is 17.5. The van der Waals surface area contributed by atoms with Gasteiger partial charge in [0.15, 0.2) is 0 Å². The summed E-state index contributed by atoms with van der Waals surface area (Å²) in [5.74, 6) is -0.900. The van der Waals surface area contributed by atoms with Gasteiger partial charge in [0.1, 0.15) is 0 Å². The van der Waals surface area contributed by atoms with Crippen LogP contribution in [-0.2, 0) is 30.9 Å². The van der Waals surface area contributed by atoms with Crippen molar-refractivity contribution in [2.45, 2.75) is 30.4 Å². The van der Waals surface area contributed by atoms with E-state index in [2.05, 4.69) is 10.0 Å². The van der Waals surface area contributed by atoms with Gasteiger partial charge in [-0.15, -0.1) is 0 Å². The lowest BCUT2D eigenvalue weighted by Crippen LogP contribution is -2.45. The SMILES string of the molecule is O=C(CN(Cc1ccccc1Cl)C(=O)CNS(=O)(=O)c1ccccc1)NC[C@H]1CCCO1. The van der Waals surface area contributed by atoms with Gasteiger partial charge in [-0.05, 0) is 36.6 Å². The number of nitrogens with one attached hydrogen (secondary N) is 2. The lowest BCUT2D eigenvalue weighted by atomic mass is 10.2. The minimum absolute atomic E-state index is 0.0237. The molecule has 0 aromatic heterocycles. The minimum atomic E-state index is -3.86. The van der Waals surface area contributed by atoms with Crippen molar-refractivity contribution in [3.8, 4) is 0 Å². The Bertz CT molecular complexity index is 1030. The summed E-state index contributed by atoms with van der Waals surface area (Å²) in [6, 6.07) is 14.7. The second-order valence-electron chi connectivity index (χ2n) is 7.42. The summed E-state index contributed by atoms with van der Waals surface area (Å²) >= 11 is 6.22. The van der Waals surface area contributed by atoms with E-state index in [9.17, 15) is 18.0 Å². The van der Waals surface area contributed by atoms with E-state index in [0.29, 0.717) is 23.7 Å². The Morgan fingerprint density at radius 1 is 1.09 bits per heavy atom. The Kier molecular flexibility index (Phi) is 8.63. The predicted molar refractivity (Wildman–Crippen MR) is 120 cm³/mol. The van der Waals surface area contributed by atoms with Gasteiger partial charge in [-0.2, -0.15) is 0 Å². The second kappa shape index (κ2) is 11.4. The van der Waals surface area contributed by atoms with Crippen molar-refractivity contribution in [1.82, 2.24) is 14.9 Å². The van der Waals surface area contributed by atoms with Gasteiger partial charge in [-0.25, -0.2) is 13.1 Å². The average Bonchev–Trinajstić information content (AvgIpc) is 3.31. The summed E-state index contributed by atoms with van der Waals surface area (Å²) in [6.07, 6.45) is 1.81. The molecule has 1 aliphatic rings. The number of sulfonamides is 1. The maximum Gasteiger partial charge on any atom is 0.241 e. The van der Waals surface area contributed by atoms with E-state index in [1.54, 1.807) is 42.5 Å². The standard InChI is InChI=1S/C22H26ClN3O5S/c23-20-11-5-4-7-17(20)15-26(16-21(27)24-13-18-8-6-12-31-18)22(28)14-25-32(29,30)19-9-2-1-3-10-19/h1-5,7,9-11,18,25H,6,8,12-16H2,(H,24,27)/t18-/m1/s1. The van der Waals surface area contributed by atoms with Gasteiger partial charge in [-0.3, -0.25) is 9.59 Å². The fourth-order valence-corrected chi connectivity index (χ4v) is 4.47. The second-order valence-corrected chi connectivity index (χ2v) is 9.59. The third kappa shape index (κ3) is 7.03. The molecular formula is C22H26ClN3O5S. The number of halogens is 1. The van der Waals surface area contributed by atoms with Crippen LogP contribution in [0, 0.1) is 0 Å². The third-order valence-electron chi connectivity index (χ3n) is 5.02. The molecule has 3 rings (SSSR count). The summed E-state index contributed by atoms with van der Waals surface area (Å²) in [5, 5.41) is 3.23. The molecule has 2 N–H and O–H groups in total. The highest BCUT2D eigenvalue weighted by atomic mass is 35.5. The number of rotatable bonds is 10. The van der Waals surface area contributed by atoms with Crippen molar-refractivity contribution >= 4 is 33.4 Å². The van der Waals surface area contributed by atoms with Crippen molar-refractivity contribution in [3.63, 3.8) is 0 Å². The summed E-state index contributed by atoms with van der Waals surface area (Å²) in [4.78, 5) is 26.7. The molecule has 2 amide bonds. The monoisotopic (exact) mass is 479 g/mol. The van der Waals surface area contributed by atoms with Crippen molar-refractivity contribution in [2.75, 3.05) is 26.2 Å². The molecule has 2 aromatic rings. The Morgan fingerprint density at radius 2 is 1.81 bits per heavy atom. The van der Waals surface area contributed by atoms with Crippen LogP contribution in [0.2, 0.25) is 5.02 Å². The molecule has 1 aliphatic heterocycles. The molecule has 2 aromatic carbocycles. The van der Waals surface area contributed by atoms with Gasteiger partial charge >= 0.3 is 0 Å². The first kappa shape index (κ1) is 24.2. The molecule has 172 valence electrons. The Labute approximate surface area is 192 Å². The first-order chi connectivity index (χ1) is 15.3. The van der Waals surface area contributed by atoms with Crippen LogP contribution < -0.4 is 10.0 Å². The molecule has 0 saturated carbocycles.